The Labute approximate surface area is 158 Å². The molecule has 2 rings (SSSR count). The molecule has 2 aromatic carbocycles. The van der Waals surface area contributed by atoms with Gasteiger partial charge in [0.25, 0.3) is 0 Å². The second-order valence-electron chi connectivity index (χ2n) is 5.72. The van der Waals surface area contributed by atoms with Gasteiger partial charge in [0.15, 0.2) is 0 Å². The van der Waals surface area contributed by atoms with Crippen molar-refractivity contribution in [1.29, 1.82) is 0 Å². The smallest absolute Gasteiger partial charge is 0.223 e. The van der Waals surface area contributed by atoms with Crippen molar-refractivity contribution in [1.82, 2.24) is 5.32 Å². The van der Waals surface area contributed by atoms with Gasteiger partial charge >= 0.3 is 0 Å². The van der Waals surface area contributed by atoms with Gasteiger partial charge in [0.2, 0.25) is 5.91 Å². The fourth-order valence-corrected chi connectivity index (χ4v) is 2.98. The Morgan fingerprint density at radius 2 is 1.88 bits per heavy atom. The third-order valence-electron chi connectivity index (χ3n) is 3.93. The van der Waals surface area contributed by atoms with Gasteiger partial charge in [-0.3, -0.25) is 4.79 Å². The van der Waals surface area contributed by atoms with Crippen LogP contribution < -0.4 is 11.1 Å². The number of carbonyl (C=O) groups excluding carboxylic acids is 1. The minimum Gasteiger partial charge on any atom is -0.399 e. The molecule has 0 bridgehead atoms. The van der Waals surface area contributed by atoms with Crippen molar-refractivity contribution < 1.29 is 4.79 Å². The van der Waals surface area contributed by atoms with Crippen molar-refractivity contribution in [2.24, 2.45) is 5.92 Å². The lowest BCUT2D eigenvalue weighted by Gasteiger charge is -2.15. The summed E-state index contributed by atoms with van der Waals surface area (Å²) in [5.74, 6) is 0.138. The predicted octanol–water partition coefficient (Wildman–Crippen LogP) is 4.38. The zero-order valence-electron chi connectivity index (χ0n) is 13.8. The van der Waals surface area contributed by atoms with Crippen LogP contribution >= 0.6 is 28.3 Å². The van der Waals surface area contributed by atoms with Gasteiger partial charge in [0.1, 0.15) is 0 Å². The van der Waals surface area contributed by atoms with Crippen LogP contribution in [0.1, 0.15) is 24.5 Å². The van der Waals surface area contributed by atoms with Crippen LogP contribution in [-0.4, -0.2) is 12.5 Å². The van der Waals surface area contributed by atoms with Crippen LogP contribution in [0, 0.1) is 5.92 Å². The first-order valence-electron chi connectivity index (χ1n) is 7.95. The average molecular weight is 412 g/mol. The van der Waals surface area contributed by atoms with E-state index in [1.807, 2.05) is 36.4 Å². The molecule has 2 aromatic rings. The van der Waals surface area contributed by atoms with Gasteiger partial charge in [-0.2, -0.15) is 0 Å². The van der Waals surface area contributed by atoms with E-state index in [1.165, 1.54) is 11.1 Å². The second-order valence-corrected chi connectivity index (χ2v) is 6.64. The van der Waals surface area contributed by atoms with Gasteiger partial charge in [0, 0.05) is 22.6 Å². The number of hydrogen-bond donors (Lipinski definition) is 2. The number of rotatable bonds is 7. The lowest BCUT2D eigenvalue weighted by Crippen LogP contribution is -2.33. The molecule has 0 saturated heterocycles. The predicted molar refractivity (Wildman–Crippen MR) is 106 cm³/mol. The first-order valence-corrected chi connectivity index (χ1v) is 8.74. The summed E-state index contributed by atoms with van der Waals surface area (Å²) in [4.78, 5) is 12.4. The molecule has 0 radical (unpaired) electrons. The minimum absolute atomic E-state index is 0. The quantitative estimate of drug-likeness (QED) is 0.664. The Bertz CT molecular complexity index is 646. The van der Waals surface area contributed by atoms with E-state index in [4.69, 9.17) is 5.73 Å². The zero-order valence-corrected chi connectivity index (χ0v) is 16.2. The number of nitrogen functional groups attached to an aromatic ring is 1. The Morgan fingerprint density at radius 1 is 1.17 bits per heavy atom. The van der Waals surface area contributed by atoms with E-state index in [9.17, 15) is 4.79 Å². The molecule has 0 aliphatic heterocycles. The molecule has 130 valence electrons. The molecule has 0 aliphatic carbocycles. The van der Waals surface area contributed by atoms with Gasteiger partial charge in [-0.25, -0.2) is 0 Å². The summed E-state index contributed by atoms with van der Waals surface area (Å²) in [6.07, 6.45) is 2.42. The highest BCUT2D eigenvalue weighted by atomic mass is 79.9. The van der Waals surface area contributed by atoms with Gasteiger partial charge in [-0.1, -0.05) is 47.1 Å². The maximum absolute atomic E-state index is 12.4. The highest BCUT2D eigenvalue weighted by Gasteiger charge is 2.16. The summed E-state index contributed by atoms with van der Waals surface area (Å²) in [5, 5.41) is 3.05. The zero-order chi connectivity index (χ0) is 16.7. The fourth-order valence-electron chi connectivity index (χ4n) is 2.53. The molecule has 0 heterocycles. The Morgan fingerprint density at radius 3 is 2.50 bits per heavy atom. The molecule has 1 atom stereocenters. The maximum atomic E-state index is 12.4. The highest BCUT2D eigenvalue weighted by Crippen LogP contribution is 2.17. The van der Waals surface area contributed by atoms with Crippen LogP contribution in [0.4, 0.5) is 5.69 Å². The van der Waals surface area contributed by atoms with Gasteiger partial charge in [0.05, 0.1) is 0 Å². The van der Waals surface area contributed by atoms with E-state index < -0.39 is 0 Å². The molecule has 24 heavy (non-hydrogen) atoms. The summed E-state index contributed by atoms with van der Waals surface area (Å²) in [5.41, 5.74) is 8.79. The van der Waals surface area contributed by atoms with E-state index in [2.05, 4.69) is 40.3 Å². The monoisotopic (exact) mass is 410 g/mol. The number of benzene rings is 2. The Kier molecular flexibility index (Phi) is 8.87. The number of hydrogen-bond acceptors (Lipinski definition) is 2. The van der Waals surface area contributed by atoms with E-state index in [0.717, 1.165) is 29.4 Å². The fraction of sp³-hybridized carbons (Fsp3) is 0.316. The first-order chi connectivity index (χ1) is 11.1. The number of nitrogens with two attached hydrogens (primary N) is 1. The van der Waals surface area contributed by atoms with Crippen molar-refractivity contribution in [2.45, 2.75) is 26.2 Å². The largest absolute Gasteiger partial charge is 0.399 e. The molecule has 3 N–H and O–H groups in total. The topological polar surface area (TPSA) is 55.1 Å². The van der Waals surface area contributed by atoms with Crippen LogP contribution in [0.5, 0.6) is 0 Å². The molecule has 1 amide bonds. The van der Waals surface area contributed by atoms with Crippen molar-refractivity contribution in [2.75, 3.05) is 12.3 Å². The van der Waals surface area contributed by atoms with Gasteiger partial charge in [-0.05, 0) is 54.7 Å². The molecule has 0 aliphatic rings. The van der Waals surface area contributed by atoms with Crippen molar-refractivity contribution >= 4 is 39.9 Å². The standard InChI is InChI=1S/C19H23BrN2O.ClH/c1-2-16(12-15-4-3-5-17(20)13-15)19(23)22-11-10-14-6-8-18(21)9-7-14;/h3-9,13,16H,2,10-12,21H2,1H3,(H,22,23);1H. The minimum atomic E-state index is 0. The lowest BCUT2D eigenvalue weighted by molar-refractivity contribution is -0.125. The van der Waals surface area contributed by atoms with Crippen LogP contribution in [0.15, 0.2) is 53.0 Å². The summed E-state index contributed by atoms with van der Waals surface area (Å²) in [7, 11) is 0. The highest BCUT2D eigenvalue weighted by molar-refractivity contribution is 9.10. The molecule has 0 spiro atoms. The molecular weight excluding hydrogens is 388 g/mol. The molecule has 1 unspecified atom stereocenters. The molecule has 3 nitrogen and oxygen atoms in total. The summed E-state index contributed by atoms with van der Waals surface area (Å²) in [6, 6.07) is 15.9. The van der Waals surface area contributed by atoms with Crippen molar-refractivity contribution in [3.63, 3.8) is 0 Å². The van der Waals surface area contributed by atoms with E-state index in [0.29, 0.717) is 6.54 Å². The first kappa shape index (κ1) is 20.5. The van der Waals surface area contributed by atoms with Crippen LogP contribution in [0.25, 0.3) is 0 Å². The van der Waals surface area contributed by atoms with Crippen LogP contribution in [0.2, 0.25) is 0 Å². The van der Waals surface area contributed by atoms with E-state index in [-0.39, 0.29) is 24.2 Å². The number of anilines is 1. The van der Waals surface area contributed by atoms with Crippen LogP contribution in [0.3, 0.4) is 0 Å². The molecule has 0 fully saturated rings. The van der Waals surface area contributed by atoms with Gasteiger partial charge < -0.3 is 11.1 Å². The second kappa shape index (κ2) is 10.4. The summed E-state index contributed by atoms with van der Waals surface area (Å²) in [6.45, 7) is 2.71. The number of amides is 1. The molecule has 5 heteroatoms. The van der Waals surface area contributed by atoms with E-state index in [1.54, 1.807) is 0 Å². The third kappa shape index (κ3) is 6.54. The molecule has 0 aromatic heterocycles. The van der Waals surface area contributed by atoms with Crippen LogP contribution in [-0.2, 0) is 17.6 Å². The summed E-state index contributed by atoms with van der Waals surface area (Å²) < 4.78 is 1.05. The molecular formula is C19H24BrClN2O. The number of halogens is 2. The Hall–Kier alpha value is -1.52. The van der Waals surface area contributed by atoms with Gasteiger partial charge in [-0.15, -0.1) is 12.4 Å². The Balaban J connectivity index is 0.00000288. The third-order valence-corrected chi connectivity index (χ3v) is 4.42. The number of nitrogens with one attached hydrogen (secondary N) is 1. The number of carbonyl (C=O) groups is 1. The molecule has 0 saturated carbocycles. The van der Waals surface area contributed by atoms with Crippen molar-refractivity contribution in [3.05, 3.63) is 64.1 Å². The average Bonchev–Trinajstić information content (AvgIpc) is 2.54. The maximum Gasteiger partial charge on any atom is 0.223 e. The lowest BCUT2D eigenvalue weighted by atomic mass is 9.96. The summed E-state index contributed by atoms with van der Waals surface area (Å²) >= 11 is 3.47. The normalized spacial score (nSPS) is 11.4. The van der Waals surface area contributed by atoms with Crippen molar-refractivity contribution in [3.8, 4) is 0 Å². The van der Waals surface area contributed by atoms with E-state index >= 15 is 0 Å². The SMILES string of the molecule is CCC(Cc1cccc(Br)c1)C(=O)NCCc1ccc(N)cc1.Cl.